The largest absolute Gasteiger partial charge is 0.355 e. The molecule has 0 aliphatic rings. The molecule has 0 spiro atoms. The molecule has 0 radical (unpaired) electrons. The minimum absolute atomic E-state index is 0.221. The zero-order valence-corrected chi connectivity index (χ0v) is 17.9. The van der Waals surface area contributed by atoms with Crippen LogP contribution in [0.2, 0.25) is 10.0 Å². The molecule has 0 saturated carbocycles. The summed E-state index contributed by atoms with van der Waals surface area (Å²) in [5.41, 5.74) is 3.29. The molecule has 1 aromatic carbocycles. The van der Waals surface area contributed by atoms with Crippen molar-refractivity contribution in [1.82, 2.24) is 20.4 Å². The number of aryl methyl sites for hydroxylation is 1. The van der Waals surface area contributed by atoms with E-state index in [1.54, 1.807) is 35.9 Å². The van der Waals surface area contributed by atoms with Gasteiger partial charge in [0.1, 0.15) is 6.04 Å². The first kappa shape index (κ1) is 22.0. The van der Waals surface area contributed by atoms with Crippen LogP contribution in [-0.4, -0.2) is 34.2 Å². The SMILES string of the molecule is CCNC(=O)[C@@H](C)NC(=O)/C=C/c1c(C)nn(Cc2c(Cl)cccc2Cl)c1C. The molecule has 0 aliphatic heterocycles. The van der Waals surface area contributed by atoms with Crippen molar-refractivity contribution < 1.29 is 9.59 Å². The van der Waals surface area contributed by atoms with Gasteiger partial charge in [0, 0.05) is 39.5 Å². The number of carbonyl (C=O) groups is 2. The summed E-state index contributed by atoms with van der Waals surface area (Å²) < 4.78 is 1.80. The van der Waals surface area contributed by atoms with E-state index in [1.165, 1.54) is 6.08 Å². The number of nitrogens with one attached hydrogen (secondary N) is 2. The van der Waals surface area contributed by atoms with E-state index in [2.05, 4.69) is 15.7 Å². The van der Waals surface area contributed by atoms with E-state index in [0.29, 0.717) is 23.1 Å². The Bertz CT molecular complexity index is 886. The maximum absolute atomic E-state index is 12.1. The van der Waals surface area contributed by atoms with Gasteiger partial charge >= 0.3 is 0 Å². The zero-order valence-electron chi connectivity index (χ0n) is 16.3. The number of likely N-dealkylation sites (N-methyl/N-ethyl adjacent to an activating group) is 1. The van der Waals surface area contributed by atoms with E-state index in [-0.39, 0.29) is 11.8 Å². The summed E-state index contributed by atoms with van der Waals surface area (Å²) in [5, 5.41) is 11.0. The Morgan fingerprint density at radius 2 is 1.89 bits per heavy atom. The molecule has 0 fully saturated rings. The van der Waals surface area contributed by atoms with Crippen LogP contribution in [0.4, 0.5) is 0 Å². The second-order valence-corrected chi connectivity index (χ2v) is 7.21. The highest BCUT2D eigenvalue weighted by molar-refractivity contribution is 6.35. The van der Waals surface area contributed by atoms with Gasteiger partial charge in [-0.15, -0.1) is 0 Å². The van der Waals surface area contributed by atoms with Gasteiger partial charge in [0.25, 0.3) is 0 Å². The van der Waals surface area contributed by atoms with E-state index in [1.807, 2.05) is 20.8 Å². The van der Waals surface area contributed by atoms with Crippen molar-refractivity contribution in [3.63, 3.8) is 0 Å². The smallest absolute Gasteiger partial charge is 0.244 e. The predicted molar refractivity (Wildman–Crippen MR) is 113 cm³/mol. The first-order valence-electron chi connectivity index (χ1n) is 8.97. The number of aromatic nitrogens is 2. The average Bonchev–Trinajstić information content (AvgIpc) is 2.90. The van der Waals surface area contributed by atoms with Crippen LogP contribution < -0.4 is 10.6 Å². The third-order valence-electron chi connectivity index (χ3n) is 4.31. The maximum Gasteiger partial charge on any atom is 0.244 e. The molecule has 2 amide bonds. The summed E-state index contributed by atoms with van der Waals surface area (Å²) in [6.07, 6.45) is 3.10. The van der Waals surface area contributed by atoms with Crippen molar-refractivity contribution in [2.45, 2.75) is 40.3 Å². The van der Waals surface area contributed by atoms with Crippen LogP contribution in [0, 0.1) is 13.8 Å². The monoisotopic (exact) mass is 422 g/mol. The molecule has 1 aromatic heterocycles. The summed E-state index contributed by atoms with van der Waals surface area (Å²) >= 11 is 12.5. The molecule has 0 bridgehead atoms. The molecule has 2 aromatic rings. The Morgan fingerprint density at radius 1 is 1.25 bits per heavy atom. The molecule has 1 atom stereocenters. The number of rotatable bonds is 7. The third-order valence-corrected chi connectivity index (χ3v) is 5.02. The highest BCUT2D eigenvalue weighted by Crippen LogP contribution is 2.26. The second-order valence-electron chi connectivity index (χ2n) is 6.40. The van der Waals surface area contributed by atoms with E-state index < -0.39 is 6.04 Å². The summed E-state index contributed by atoms with van der Waals surface area (Å²) in [5.74, 6) is -0.569. The summed E-state index contributed by atoms with van der Waals surface area (Å²) in [7, 11) is 0. The van der Waals surface area contributed by atoms with E-state index in [0.717, 1.165) is 22.5 Å². The maximum atomic E-state index is 12.1. The molecule has 8 heteroatoms. The van der Waals surface area contributed by atoms with Gasteiger partial charge in [-0.05, 0) is 45.9 Å². The minimum atomic E-state index is -0.607. The number of hydrogen-bond acceptors (Lipinski definition) is 3. The van der Waals surface area contributed by atoms with Crippen molar-refractivity contribution in [3.8, 4) is 0 Å². The van der Waals surface area contributed by atoms with Gasteiger partial charge in [-0.1, -0.05) is 29.3 Å². The Morgan fingerprint density at radius 3 is 2.50 bits per heavy atom. The molecule has 28 heavy (non-hydrogen) atoms. The van der Waals surface area contributed by atoms with Gasteiger partial charge in [0.15, 0.2) is 0 Å². The van der Waals surface area contributed by atoms with Crippen molar-refractivity contribution in [1.29, 1.82) is 0 Å². The number of hydrogen-bond donors (Lipinski definition) is 2. The Balaban J connectivity index is 2.14. The first-order chi connectivity index (χ1) is 13.2. The molecule has 1 heterocycles. The normalized spacial score (nSPS) is 12.2. The lowest BCUT2D eigenvalue weighted by atomic mass is 10.1. The third kappa shape index (κ3) is 5.36. The van der Waals surface area contributed by atoms with Crippen LogP contribution in [0.5, 0.6) is 0 Å². The van der Waals surface area contributed by atoms with Crippen molar-refractivity contribution in [2.75, 3.05) is 6.54 Å². The molecule has 2 rings (SSSR count). The van der Waals surface area contributed by atoms with E-state index >= 15 is 0 Å². The predicted octanol–water partition coefficient (Wildman–Crippen LogP) is 3.51. The van der Waals surface area contributed by atoms with E-state index in [9.17, 15) is 9.59 Å². The van der Waals surface area contributed by atoms with Crippen LogP contribution in [0.3, 0.4) is 0 Å². The van der Waals surface area contributed by atoms with Crippen LogP contribution in [0.1, 0.15) is 36.4 Å². The number of amides is 2. The number of benzene rings is 1. The van der Waals surface area contributed by atoms with Gasteiger partial charge in [0.05, 0.1) is 12.2 Å². The lowest BCUT2D eigenvalue weighted by Crippen LogP contribution is -2.44. The molecule has 0 aliphatic carbocycles. The summed E-state index contributed by atoms with van der Waals surface area (Å²) in [6, 6.07) is 4.76. The van der Waals surface area contributed by atoms with Crippen LogP contribution in [-0.2, 0) is 16.1 Å². The molecule has 6 nitrogen and oxygen atoms in total. The quantitative estimate of drug-likeness (QED) is 0.670. The Labute approximate surface area is 174 Å². The molecule has 150 valence electrons. The van der Waals surface area contributed by atoms with E-state index in [4.69, 9.17) is 23.2 Å². The fraction of sp³-hybridized carbons (Fsp3) is 0.350. The fourth-order valence-electron chi connectivity index (χ4n) is 2.75. The zero-order chi connectivity index (χ0) is 20.8. The van der Waals surface area contributed by atoms with Gasteiger partial charge in [-0.2, -0.15) is 5.10 Å². The lowest BCUT2D eigenvalue weighted by Gasteiger charge is -2.11. The van der Waals surface area contributed by atoms with Crippen LogP contribution >= 0.6 is 23.2 Å². The van der Waals surface area contributed by atoms with Crippen molar-refractivity contribution in [2.24, 2.45) is 0 Å². The number of carbonyl (C=O) groups excluding carboxylic acids is 2. The van der Waals surface area contributed by atoms with Crippen molar-refractivity contribution >= 4 is 41.1 Å². The number of halogens is 2. The molecule has 2 N–H and O–H groups in total. The van der Waals surface area contributed by atoms with Crippen LogP contribution in [0.15, 0.2) is 24.3 Å². The van der Waals surface area contributed by atoms with Gasteiger partial charge in [-0.25, -0.2) is 0 Å². The second kappa shape index (κ2) is 9.75. The summed E-state index contributed by atoms with van der Waals surface area (Å²) in [4.78, 5) is 23.8. The Hall–Kier alpha value is -2.31. The molecular formula is C20H24Cl2N4O2. The molecule has 0 unspecified atom stereocenters. The number of nitrogens with zero attached hydrogens (tertiary/aromatic N) is 2. The standard InChI is InChI=1S/C20H24Cl2N4O2/c1-5-23-20(28)13(3)24-19(27)10-9-15-12(2)25-26(14(15)4)11-16-17(21)7-6-8-18(16)22/h6-10,13H,5,11H2,1-4H3,(H,23,28)(H,24,27)/b10-9+/t13-/m1/s1. The minimum Gasteiger partial charge on any atom is -0.355 e. The lowest BCUT2D eigenvalue weighted by molar-refractivity contribution is -0.126. The fourth-order valence-corrected chi connectivity index (χ4v) is 3.27. The first-order valence-corrected chi connectivity index (χ1v) is 9.73. The summed E-state index contributed by atoms with van der Waals surface area (Å²) in [6.45, 7) is 8.19. The van der Waals surface area contributed by atoms with Crippen LogP contribution in [0.25, 0.3) is 6.08 Å². The topological polar surface area (TPSA) is 76.0 Å². The Kier molecular flexibility index (Phi) is 7.66. The van der Waals surface area contributed by atoms with Gasteiger partial charge in [0.2, 0.25) is 11.8 Å². The molecular weight excluding hydrogens is 399 g/mol. The van der Waals surface area contributed by atoms with Crippen molar-refractivity contribution in [3.05, 3.63) is 56.8 Å². The average molecular weight is 423 g/mol. The highest BCUT2D eigenvalue weighted by Gasteiger charge is 2.15. The van der Waals surface area contributed by atoms with Gasteiger partial charge in [-0.3, -0.25) is 14.3 Å². The highest BCUT2D eigenvalue weighted by atomic mass is 35.5. The molecule has 0 saturated heterocycles. The van der Waals surface area contributed by atoms with Gasteiger partial charge < -0.3 is 10.6 Å².